The van der Waals surface area contributed by atoms with Crippen LogP contribution in [-0.2, 0) is 35.1 Å². The van der Waals surface area contributed by atoms with Gasteiger partial charge in [0.05, 0.1) is 35.7 Å². The molecule has 0 spiro atoms. The summed E-state index contributed by atoms with van der Waals surface area (Å²) in [4.78, 5) is 79.1. The van der Waals surface area contributed by atoms with Gasteiger partial charge in [0.25, 0.3) is 5.91 Å². The molecule has 0 unspecified atom stereocenters. The van der Waals surface area contributed by atoms with E-state index < -0.39 is 30.1 Å². The van der Waals surface area contributed by atoms with Crippen LogP contribution in [0.25, 0.3) is 0 Å². The van der Waals surface area contributed by atoms with E-state index in [0.717, 1.165) is 23.4 Å². The lowest BCUT2D eigenvalue weighted by atomic mass is 9.82. The fraction of sp³-hybridized carbons (Fsp3) is 0.702. The molecule has 1 fully saturated rings. The van der Waals surface area contributed by atoms with Gasteiger partial charge in [0.15, 0.2) is 0 Å². The first-order valence-corrected chi connectivity index (χ1v) is 22.9. The minimum absolute atomic E-state index is 0.00174. The zero-order valence-electron chi connectivity index (χ0n) is 38.5. The van der Waals surface area contributed by atoms with E-state index in [9.17, 15) is 24.0 Å². The third-order valence-electron chi connectivity index (χ3n) is 13.1. The Morgan fingerprint density at radius 1 is 0.900 bits per heavy atom. The summed E-state index contributed by atoms with van der Waals surface area (Å²) in [6.07, 6.45) is 2.08. The molecule has 336 valence electrons. The van der Waals surface area contributed by atoms with Crippen LogP contribution in [0, 0.1) is 35.5 Å². The Labute approximate surface area is 364 Å². The van der Waals surface area contributed by atoms with Crippen LogP contribution in [-0.4, -0.2) is 121 Å². The van der Waals surface area contributed by atoms with Gasteiger partial charge < -0.3 is 29.9 Å². The number of nitrogens with two attached hydrogens (primary N) is 1. The number of benzene rings is 1. The minimum atomic E-state index is -0.593. The van der Waals surface area contributed by atoms with Crippen LogP contribution in [0.3, 0.4) is 0 Å². The van der Waals surface area contributed by atoms with Crippen molar-refractivity contribution in [2.24, 2.45) is 41.2 Å². The summed E-state index contributed by atoms with van der Waals surface area (Å²) >= 11 is 1.38. The number of amides is 3. The molecule has 0 bridgehead atoms. The van der Waals surface area contributed by atoms with E-state index in [1.54, 1.807) is 43.5 Å². The Hall–Kier alpha value is -3.52. The lowest BCUT2D eigenvalue weighted by Gasteiger charge is -2.41. The number of rotatable bonds is 25. The Morgan fingerprint density at radius 3 is 2.12 bits per heavy atom. The predicted molar refractivity (Wildman–Crippen MR) is 239 cm³/mol. The van der Waals surface area contributed by atoms with Crippen molar-refractivity contribution >= 4 is 40.6 Å². The molecule has 60 heavy (non-hydrogen) atoms. The Morgan fingerprint density at radius 2 is 1.55 bits per heavy atom. The quantitative estimate of drug-likeness (QED) is 0.112. The molecule has 12 nitrogen and oxygen atoms in total. The molecule has 2 N–H and O–H groups in total. The van der Waals surface area contributed by atoms with Gasteiger partial charge in [-0.3, -0.25) is 24.0 Å². The summed E-state index contributed by atoms with van der Waals surface area (Å²) in [6.45, 7) is 17.2. The molecule has 2 aromatic rings. The number of carbonyl (C=O) groups is 5. The van der Waals surface area contributed by atoms with Crippen LogP contribution >= 0.6 is 11.3 Å². The van der Waals surface area contributed by atoms with Crippen molar-refractivity contribution in [2.75, 3.05) is 47.9 Å². The molecule has 3 rings (SSSR count). The molecule has 1 aliphatic rings. The first kappa shape index (κ1) is 50.8. The van der Waals surface area contributed by atoms with Crippen LogP contribution in [0.15, 0.2) is 35.7 Å². The monoisotopic (exact) mass is 854 g/mol. The van der Waals surface area contributed by atoms with Crippen molar-refractivity contribution < 1.29 is 33.4 Å². The van der Waals surface area contributed by atoms with Crippen molar-refractivity contribution in [2.45, 2.75) is 131 Å². The van der Waals surface area contributed by atoms with Gasteiger partial charge in [-0.15, -0.1) is 11.3 Å². The number of likely N-dealkylation sites (N-methyl/N-ethyl adjacent to an activating group) is 2. The van der Waals surface area contributed by atoms with Crippen molar-refractivity contribution in [1.82, 2.24) is 19.7 Å². The SMILES string of the molecule is CC[C@H](C)[C@@H]([C@@H](CC(=O)N1CCC[C@H]1[C@H](OC)[C@@H](C)C(=O)C[C@@H](Cc1ccccc1)c1nc(C(=O)N(C)CCN)cs1)OC)N(C)C(=O)[C@@H](CC(=O)[C@@H](C)C(C)C)C(C)C. The molecule has 3 amide bonds. The highest BCUT2D eigenvalue weighted by Gasteiger charge is 2.43. The van der Waals surface area contributed by atoms with E-state index in [1.807, 2.05) is 76.8 Å². The number of methoxy groups -OCH3 is 2. The average molecular weight is 854 g/mol. The van der Waals surface area contributed by atoms with E-state index in [2.05, 4.69) is 13.8 Å². The van der Waals surface area contributed by atoms with Crippen molar-refractivity contribution in [3.05, 3.63) is 52.0 Å². The molecule has 1 aliphatic heterocycles. The van der Waals surface area contributed by atoms with Crippen molar-refractivity contribution in [3.63, 3.8) is 0 Å². The Balaban J connectivity index is 1.83. The highest BCUT2D eigenvalue weighted by Crippen LogP contribution is 2.34. The fourth-order valence-electron chi connectivity index (χ4n) is 8.62. The number of carbonyl (C=O) groups excluding carboxylic acids is 5. The van der Waals surface area contributed by atoms with Gasteiger partial charge in [-0.1, -0.05) is 92.1 Å². The molecule has 1 aromatic heterocycles. The van der Waals surface area contributed by atoms with Crippen LogP contribution in [0.4, 0.5) is 0 Å². The van der Waals surface area contributed by atoms with E-state index >= 15 is 0 Å². The zero-order chi connectivity index (χ0) is 44.8. The molecule has 9 atom stereocenters. The molecule has 1 aromatic carbocycles. The van der Waals surface area contributed by atoms with E-state index in [0.29, 0.717) is 38.2 Å². The second kappa shape index (κ2) is 24.2. The second-order valence-electron chi connectivity index (χ2n) is 17.8. The molecule has 0 aliphatic carbocycles. The normalized spacial score (nSPS) is 18.4. The number of thiazole rings is 1. The molecular weight excluding hydrogens is 779 g/mol. The topological polar surface area (TPSA) is 152 Å². The summed E-state index contributed by atoms with van der Waals surface area (Å²) in [5, 5.41) is 2.47. The van der Waals surface area contributed by atoms with Gasteiger partial charge in [0, 0.05) is 89.8 Å². The van der Waals surface area contributed by atoms with E-state index in [-0.39, 0.29) is 84.2 Å². The van der Waals surface area contributed by atoms with Gasteiger partial charge >= 0.3 is 0 Å². The van der Waals surface area contributed by atoms with Crippen LogP contribution in [0.1, 0.15) is 121 Å². The summed E-state index contributed by atoms with van der Waals surface area (Å²) in [7, 11) is 6.67. The largest absolute Gasteiger partial charge is 0.379 e. The number of nitrogens with zero attached hydrogens (tertiary/aromatic N) is 4. The van der Waals surface area contributed by atoms with Crippen LogP contribution < -0.4 is 5.73 Å². The molecule has 1 saturated heterocycles. The second-order valence-corrected chi connectivity index (χ2v) is 18.7. The van der Waals surface area contributed by atoms with Crippen molar-refractivity contribution in [3.8, 4) is 0 Å². The summed E-state index contributed by atoms with van der Waals surface area (Å²) < 4.78 is 12.2. The summed E-state index contributed by atoms with van der Waals surface area (Å²) in [5.74, 6) is -1.61. The van der Waals surface area contributed by atoms with E-state index in [1.165, 1.54) is 11.3 Å². The third-order valence-corrected chi connectivity index (χ3v) is 14.1. The lowest BCUT2D eigenvalue weighted by molar-refractivity contribution is -0.149. The maximum atomic E-state index is 14.4. The number of ether oxygens (including phenoxy) is 2. The lowest BCUT2D eigenvalue weighted by Crippen LogP contribution is -2.54. The molecule has 2 heterocycles. The summed E-state index contributed by atoms with van der Waals surface area (Å²) in [6, 6.07) is 9.22. The number of aromatic nitrogens is 1. The van der Waals surface area contributed by atoms with Gasteiger partial charge in [-0.2, -0.15) is 0 Å². The van der Waals surface area contributed by atoms with Crippen LogP contribution in [0.2, 0.25) is 0 Å². The minimum Gasteiger partial charge on any atom is -0.379 e. The summed E-state index contributed by atoms with van der Waals surface area (Å²) in [5.41, 5.74) is 7.09. The van der Waals surface area contributed by atoms with Gasteiger partial charge in [-0.25, -0.2) is 4.98 Å². The maximum absolute atomic E-state index is 14.4. The molecule has 0 saturated carbocycles. The van der Waals surface area contributed by atoms with Gasteiger partial charge in [0.2, 0.25) is 11.8 Å². The Bertz CT molecular complexity index is 1680. The average Bonchev–Trinajstić information content (AvgIpc) is 3.93. The molecule has 0 radical (unpaired) electrons. The standard InChI is InChI=1S/C47H75N5O7S/c1-13-31(6)43(51(10)46(56)36(30(4)5)26-40(54)32(7)29(2)3)41(58-11)27-42(55)52-22-17-20-38(52)44(59-12)33(8)39(53)25-35(24-34-18-15-14-16-19-34)45-49-37(28-60-45)47(57)50(9)23-21-48/h14-16,18-19,28-33,35-36,38,41,43-44H,13,17,20-27,48H2,1-12H3/t31-,32-,33-,35+,36-,38-,41+,43-,44+/m0/s1. The van der Waals surface area contributed by atoms with Crippen LogP contribution in [0.5, 0.6) is 0 Å². The highest BCUT2D eigenvalue weighted by atomic mass is 32.1. The van der Waals surface area contributed by atoms with Gasteiger partial charge in [-0.05, 0) is 42.6 Å². The predicted octanol–water partition coefficient (Wildman–Crippen LogP) is 6.90. The first-order chi connectivity index (χ1) is 28.4. The van der Waals surface area contributed by atoms with Crippen molar-refractivity contribution in [1.29, 1.82) is 0 Å². The maximum Gasteiger partial charge on any atom is 0.273 e. The molecule has 13 heteroatoms. The smallest absolute Gasteiger partial charge is 0.273 e. The van der Waals surface area contributed by atoms with Gasteiger partial charge in [0.1, 0.15) is 17.3 Å². The van der Waals surface area contributed by atoms with E-state index in [4.69, 9.17) is 20.2 Å². The fourth-order valence-corrected chi connectivity index (χ4v) is 9.52. The number of Topliss-reactive ketones (excluding diaryl/α,β-unsaturated/α-hetero) is 2. The highest BCUT2D eigenvalue weighted by molar-refractivity contribution is 7.10. The third kappa shape index (κ3) is 13.2. The number of hydrogen-bond acceptors (Lipinski definition) is 10. The number of ketones is 2. The number of hydrogen-bond donors (Lipinski definition) is 1. The molecular formula is C47H75N5O7S. The Kier molecular flexibility index (Phi) is 20.5. The zero-order valence-corrected chi connectivity index (χ0v) is 39.3. The first-order valence-electron chi connectivity index (χ1n) is 22.0. The number of likely N-dealkylation sites (tertiary alicyclic amines) is 1.